The molecule has 3 aromatic rings. The predicted molar refractivity (Wildman–Crippen MR) is 101 cm³/mol. The van der Waals surface area contributed by atoms with E-state index in [0.29, 0.717) is 11.6 Å². The van der Waals surface area contributed by atoms with Crippen molar-refractivity contribution in [1.82, 2.24) is 10.3 Å². The van der Waals surface area contributed by atoms with Crippen LogP contribution in [0.4, 0.5) is 5.69 Å². The fraction of sp³-hybridized carbons (Fsp3) is 0.263. The summed E-state index contributed by atoms with van der Waals surface area (Å²) in [5.74, 6) is 0.507. The first-order valence-electron chi connectivity index (χ1n) is 8.39. The van der Waals surface area contributed by atoms with Gasteiger partial charge in [-0.2, -0.15) is 0 Å². The van der Waals surface area contributed by atoms with Crippen LogP contribution in [0.3, 0.4) is 0 Å². The molecule has 1 amide bonds. The number of hydrogen-bond donors (Lipinski definition) is 3. The Morgan fingerprint density at radius 1 is 1.16 bits per heavy atom. The second-order valence-electron chi connectivity index (χ2n) is 6.30. The van der Waals surface area contributed by atoms with Crippen molar-refractivity contribution in [3.63, 3.8) is 0 Å². The van der Waals surface area contributed by atoms with Gasteiger partial charge >= 0.3 is 0 Å². The minimum atomic E-state index is -0.186. The number of carbonyl (C=O) groups is 1. The first-order chi connectivity index (χ1) is 12.2. The number of fused-ring (bicyclic) bond motifs is 1. The number of piperidine rings is 1. The molecule has 0 bridgehead atoms. The first kappa shape index (κ1) is 16.1. The van der Waals surface area contributed by atoms with Crippen LogP contribution in [0.25, 0.3) is 10.8 Å². The van der Waals surface area contributed by atoms with Crippen molar-refractivity contribution in [3.05, 3.63) is 52.5 Å². The van der Waals surface area contributed by atoms with Gasteiger partial charge in [0.1, 0.15) is 11.4 Å². The van der Waals surface area contributed by atoms with Crippen LogP contribution < -0.4 is 10.6 Å². The van der Waals surface area contributed by atoms with Gasteiger partial charge in [-0.05, 0) is 61.0 Å². The van der Waals surface area contributed by atoms with E-state index in [4.69, 9.17) is 0 Å². The van der Waals surface area contributed by atoms with E-state index < -0.39 is 0 Å². The zero-order chi connectivity index (χ0) is 17.2. The number of nitrogens with zero attached hydrogens (tertiary/aromatic N) is 1. The van der Waals surface area contributed by atoms with Crippen LogP contribution in [0.1, 0.15) is 34.3 Å². The minimum Gasteiger partial charge on any atom is -0.508 e. The third-order valence-corrected chi connectivity index (χ3v) is 5.53. The van der Waals surface area contributed by atoms with Gasteiger partial charge in [0.2, 0.25) is 0 Å². The van der Waals surface area contributed by atoms with Crippen LogP contribution in [0.2, 0.25) is 0 Å². The number of aromatic hydroxyl groups is 1. The van der Waals surface area contributed by atoms with Crippen molar-refractivity contribution in [1.29, 1.82) is 0 Å². The molecule has 6 heteroatoms. The lowest BCUT2D eigenvalue weighted by Gasteiger charge is -2.20. The zero-order valence-corrected chi connectivity index (χ0v) is 14.5. The fourth-order valence-electron chi connectivity index (χ4n) is 3.15. The molecular weight excluding hydrogens is 334 g/mol. The second kappa shape index (κ2) is 6.82. The molecular formula is C19H19N3O2S. The maximum atomic E-state index is 12.5. The van der Waals surface area contributed by atoms with Gasteiger partial charge in [0.25, 0.3) is 5.91 Å². The summed E-state index contributed by atoms with van der Waals surface area (Å²) in [6.07, 6.45) is 2.15. The topological polar surface area (TPSA) is 74.2 Å². The summed E-state index contributed by atoms with van der Waals surface area (Å²) in [5.41, 5.74) is 1.20. The van der Waals surface area contributed by atoms with Crippen LogP contribution in [-0.4, -0.2) is 29.1 Å². The summed E-state index contributed by atoms with van der Waals surface area (Å²) in [6, 6.07) is 10.8. The molecule has 4 rings (SSSR count). The zero-order valence-electron chi connectivity index (χ0n) is 13.7. The maximum absolute atomic E-state index is 12.5. The van der Waals surface area contributed by atoms with E-state index in [1.54, 1.807) is 23.5 Å². The molecule has 1 fully saturated rings. The number of nitrogens with one attached hydrogen (secondary N) is 2. The highest BCUT2D eigenvalue weighted by atomic mass is 32.1. The molecule has 0 atom stereocenters. The molecule has 0 aliphatic carbocycles. The summed E-state index contributed by atoms with van der Waals surface area (Å²) in [6.45, 7) is 2.02. The Bertz CT molecular complexity index is 916. The van der Waals surface area contributed by atoms with Gasteiger partial charge in [0.15, 0.2) is 0 Å². The number of thiazole rings is 1. The monoisotopic (exact) mass is 353 g/mol. The van der Waals surface area contributed by atoms with Gasteiger partial charge in [-0.15, -0.1) is 11.3 Å². The van der Waals surface area contributed by atoms with Crippen molar-refractivity contribution in [2.75, 3.05) is 18.4 Å². The summed E-state index contributed by atoms with van der Waals surface area (Å²) < 4.78 is 0. The normalized spacial score (nSPS) is 15.4. The van der Waals surface area contributed by atoms with Crippen LogP contribution >= 0.6 is 11.3 Å². The number of aromatic nitrogens is 1. The van der Waals surface area contributed by atoms with E-state index in [9.17, 15) is 9.90 Å². The van der Waals surface area contributed by atoms with Crippen LogP contribution in [-0.2, 0) is 0 Å². The summed E-state index contributed by atoms with van der Waals surface area (Å²) in [4.78, 5) is 17.0. The lowest BCUT2D eigenvalue weighted by Crippen LogP contribution is -2.26. The van der Waals surface area contributed by atoms with Gasteiger partial charge in [0.05, 0.1) is 5.01 Å². The number of hydrogen-bond acceptors (Lipinski definition) is 5. The SMILES string of the molecule is O=C(Nc1ccc2cc(O)ccc2c1)c1csc(C2CCNCC2)n1. The Morgan fingerprint density at radius 2 is 1.92 bits per heavy atom. The molecule has 3 N–H and O–H groups in total. The first-order valence-corrected chi connectivity index (χ1v) is 9.27. The van der Waals surface area contributed by atoms with Gasteiger partial charge in [-0.25, -0.2) is 4.98 Å². The molecule has 1 saturated heterocycles. The molecule has 128 valence electrons. The van der Waals surface area contributed by atoms with E-state index in [1.807, 2.05) is 29.6 Å². The van der Waals surface area contributed by atoms with Crippen LogP contribution in [0.15, 0.2) is 41.8 Å². The molecule has 0 unspecified atom stereocenters. The number of phenols is 1. The molecule has 1 aliphatic rings. The average molecular weight is 353 g/mol. The summed E-state index contributed by atoms with van der Waals surface area (Å²) in [5, 5.41) is 20.6. The highest BCUT2D eigenvalue weighted by Gasteiger charge is 2.20. The third kappa shape index (κ3) is 3.50. The van der Waals surface area contributed by atoms with E-state index >= 15 is 0 Å². The molecule has 25 heavy (non-hydrogen) atoms. The average Bonchev–Trinajstić information content (AvgIpc) is 3.13. The number of anilines is 1. The Morgan fingerprint density at radius 3 is 2.76 bits per heavy atom. The molecule has 0 saturated carbocycles. The Hall–Kier alpha value is -2.44. The highest BCUT2D eigenvalue weighted by molar-refractivity contribution is 7.10. The van der Waals surface area contributed by atoms with Gasteiger partial charge in [-0.3, -0.25) is 4.79 Å². The number of benzene rings is 2. The van der Waals surface area contributed by atoms with Crippen molar-refractivity contribution < 1.29 is 9.90 Å². The quantitative estimate of drug-likeness (QED) is 0.671. The molecule has 0 radical (unpaired) electrons. The smallest absolute Gasteiger partial charge is 0.275 e. The largest absolute Gasteiger partial charge is 0.508 e. The Balaban J connectivity index is 1.50. The second-order valence-corrected chi connectivity index (χ2v) is 7.19. The molecule has 1 aliphatic heterocycles. The minimum absolute atomic E-state index is 0.186. The van der Waals surface area contributed by atoms with Gasteiger partial charge < -0.3 is 15.7 Å². The summed E-state index contributed by atoms with van der Waals surface area (Å²) in [7, 11) is 0. The van der Waals surface area contributed by atoms with Crippen molar-refractivity contribution >= 4 is 33.7 Å². The maximum Gasteiger partial charge on any atom is 0.275 e. The molecule has 2 aromatic carbocycles. The lowest BCUT2D eigenvalue weighted by molar-refractivity contribution is 0.102. The van der Waals surface area contributed by atoms with E-state index in [2.05, 4.69) is 15.6 Å². The van der Waals surface area contributed by atoms with Crippen molar-refractivity contribution in [2.45, 2.75) is 18.8 Å². The summed E-state index contributed by atoms with van der Waals surface area (Å²) >= 11 is 1.57. The number of phenolic OH excluding ortho intramolecular Hbond substituents is 1. The fourth-order valence-corrected chi connectivity index (χ4v) is 4.13. The molecule has 2 heterocycles. The molecule has 0 spiro atoms. The Labute approximate surface area is 149 Å². The van der Waals surface area contributed by atoms with Gasteiger partial charge in [0, 0.05) is 17.0 Å². The third-order valence-electron chi connectivity index (χ3n) is 4.52. The van der Waals surface area contributed by atoms with E-state index in [-0.39, 0.29) is 11.7 Å². The number of rotatable bonds is 3. The van der Waals surface area contributed by atoms with Crippen LogP contribution in [0, 0.1) is 0 Å². The van der Waals surface area contributed by atoms with E-state index in [0.717, 1.165) is 47.4 Å². The standard InChI is InChI=1S/C19H19N3O2S/c23-16-4-2-13-9-15(3-1-14(13)10-16)21-18(24)17-11-25-19(22-17)12-5-7-20-8-6-12/h1-4,9-12,20,23H,5-8H2,(H,21,24). The Kier molecular flexibility index (Phi) is 4.38. The number of carbonyl (C=O) groups excluding carboxylic acids is 1. The molecule has 5 nitrogen and oxygen atoms in total. The van der Waals surface area contributed by atoms with Crippen LogP contribution in [0.5, 0.6) is 5.75 Å². The highest BCUT2D eigenvalue weighted by Crippen LogP contribution is 2.28. The number of amides is 1. The van der Waals surface area contributed by atoms with Crippen molar-refractivity contribution in [3.8, 4) is 5.75 Å². The predicted octanol–water partition coefficient (Wildman–Crippen LogP) is 3.72. The van der Waals surface area contributed by atoms with Crippen molar-refractivity contribution in [2.24, 2.45) is 0 Å². The lowest BCUT2D eigenvalue weighted by atomic mass is 9.99. The van der Waals surface area contributed by atoms with E-state index in [1.165, 1.54) is 0 Å². The molecule has 1 aromatic heterocycles. The van der Waals surface area contributed by atoms with Gasteiger partial charge in [-0.1, -0.05) is 12.1 Å².